The van der Waals surface area contributed by atoms with Crippen LogP contribution in [0.15, 0.2) is 96.1 Å². The Morgan fingerprint density at radius 1 is 0.867 bits per heavy atom. The Balaban J connectivity index is 0.00000341. The Labute approximate surface area is 419 Å². The second kappa shape index (κ2) is 18.6. The molecule has 16 heteroatoms. The SMILES string of the molecule is COc1ccc([C@H](NC(=O)c2ccccc2)C(O)C(=O)OC2CC3(O)C(OC(=O)c4ccccc4)C4[C@]5(O)COC5CC(O)[C@@]4(C)C(=O)C(O)C(=C2C)C3(C)C)cc1.[Ac].[Ac]. The van der Waals surface area contributed by atoms with Crippen molar-refractivity contribution >= 4 is 23.6 Å². The Hall–Kier alpha value is -2.08. The monoisotopic (exact) mass is 1250 g/mol. The van der Waals surface area contributed by atoms with Gasteiger partial charge < -0.3 is 49.8 Å². The minimum atomic E-state index is -2.32. The molecular formula is C44H49Ac2NO13. The number of methoxy groups -OCH3 is 1. The van der Waals surface area contributed by atoms with E-state index in [1.165, 1.54) is 33.1 Å². The molecule has 2 saturated carbocycles. The van der Waals surface area contributed by atoms with Crippen molar-refractivity contribution in [3.05, 3.63) is 113 Å². The van der Waals surface area contributed by atoms with E-state index in [-0.39, 0.29) is 123 Å². The number of hydrogen-bond acceptors (Lipinski definition) is 13. The second-order valence-corrected chi connectivity index (χ2v) is 16.6. The standard InChI is InChI=1S/C44H49NO13.2Ac/c1-23-28(57-40(52)34(48)32(24-16-18-27(55-5)19-17-24)45-38(50)25-12-8-6-9-13-25)21-44(54)37(58-39(51)26-14-10-7-11-15-26)35-42(4,29(46)20-30-43(35,53)22-56-30)36(49)33(47)31(23)41(44,2)3;;/h6-19,28-30,32-35,37,46-48,53-54H,20-22H2,1-5H3,(H,45,50);;/t28?,29?,30?,32-,33?,34?,35?,37?,42+,43-,44?;;/m0../s1. The summed E-state index contributed by atoms with van der Waals surface area (Å²) < 4.78 is 23.2. The molecule has 14 nitrogen and oxygen atoms in total. The molecule has 11 atom stereocenters. The average Bonchev–Trinajstić information content (AvgIpc) is 3.22. The molecule has 2 bridgehead atoms. The third-order valence-corrected chi connectivity index (χ3v) is 13.2. The van der Waals surface area contributed by atoms with Gasteiger partial charge in [0.15, 0.2) is 11.9 Å². The first-order valence-corrected chi connectivity index (χ1v) is 19.2. The van der Waals surface area contributed by atoms with Gasteiger partial charge in [0.25, 0.3) is 5.91 Å². The van der Waals surface area contributed by atoms with Crippen LogP contribution in [-0.2, 0) is 23.8 Å². The number of carbonyl (C=O) groups excluding carboxylic acids is 4. The Morgan fingerprint density at radius 3 is 2.00 bits per heavy atom. The van der Waals surface area contributed by atoms with E-state index in [1.807, 2.05) is 0 Å². The summed E-state index contributed by atoms with van der Waals surface area (Å²) >= 11 is 0. The largest absolute Gasteiger partial charge is 0.497 e. The van der Waals surface area contributed by atoms with Crippen molar-refractivity contribution in [2.45, 2.75) is 94.4 Å². The molecule has 3 aromatic rings. The summed E-state index contributed by atoms with van der Waals surface area (Å²) in [5, 5.41) is 63.8. The Bertz CT molecular complexity index is 2120. The zero-order valence-electron chi connectivity index (χ0n) is 34.0. The number of aliphatic hydroxyl groups excluding tert-OH is 3. The van der Waals surface area contributed by atoms with Crippen LogP contribution in [0.1, 0.15) is 72.9 Å². The van der Waals surface area contributed by atoms with Crippen LogP contribution in [0.3, 0.4) is 0 Å². The topological polar surface area (TPSA) is 218 Å². The van der Waals surface area contributed by atoms with E-state index in [2.05, 4.69) is 5.32 Å². The van der Waals surface area contributed by atoms with Gasteiger partial charge in [-0.25, -0.2) is 9.59 Å². The maximum Gasteiger partial charge on any atom is 0.338 e. The van der Waals surface area contributed by atoms with Crippen LogP contribution < -0.4 is 10.1 Å². The van der Waals surface area contributed by atoms with Gasteiger partial charge in [-0.3, -0.25) is 9.59 Å². The molecule has 3 fully saturated rings. The maximum absolute atomic E-state index is 14.8. The number of aliphatic hydroxyl groups is 5. The van der Waals surface area contributed by atoms with E-state index in [1.54, 1.807) is 86.6 Å². The number of fused-ring (bicyclic) bond motifs is 5. The van der Waals surface area contributed by atoms with Crippen LogP contribution in [-0.4, -0.2) is 111 Å². The number of ketones is 1. The first-order chi connectivity index (χ1) is 27.4. The van der Waals surface area contributed by atoms with Crippen LogP contribution in [0.25, 0.3) is 0 Å². The summed E-state index contributed by atoms with van der Waals surface area (Å²) in [5.41, 5.74) is -7.00. The molecule has 8 unspecified atom stereocenters. The van der Waals surface area contributed by atoms with Gasteiger partial charge in [0.05, 0.1) is 42.9 Å². The number of carbonyl (C=O) groups is 4. The smallest absolute Gasteiger partial charge is 0.338 e. The fourth-order valence-corrected chi connectivity index (χ4v) is 9.69. The molecule has 7 rings (SSSR count). The summed E-state index contributed by atoms with van der Waals surface area (Å²) in [5.74, 6) is -4.67. The van der Waals surface area contributed by atoms with E-state index in [4.69, 9.17) is 18.9 Å². The molecule has 314 valence electrons. The van der Waals surface area contributed by atoms with Gasteiger partial charge in [-0.1, -0.05) is 62.4 Å². The van der Waals surface area contributed by atoms with Crippen molar-refractivity contribution in [2.75, 3.05) is 13.7 Å². The van der Waals surface area contributed by atoms with Crippen molar-refractivity contribution in [2.24, 2.45) is 16.7 Å². The normalized spacial score (nSPS) is 32.3. The summed E-state index contributed by atoms with van der Waals surface area (Å²) in [6, 6.07) is 21.0. The van der Waals surface area contributed by atoms with E-state index in [0.717, 1.165) is 0 Å². The molecular weight excluding hydrogens is 1200 g/mol. The predicted molar refractivity (Wildman–Crippen MR) is 205 cm³/mol. The number of nitrogens with one attached hydrogen (secondary N) is 1. The van der Waals surface area contributed by atoms with Crippen LogP contribution in [0.2, 0.25) is 0 Å². The van der Waals surface area contributed by atoms with Crippen LogP contribution >= 0.6 is 0 Å². The molecule has 1 amide bonds. The van der Waals surface area contributed by atoms with Gasteiger partial charge in [-0.15, -0.1) is 0 Å². The number of hydrogen-bond donors (Lipinski definition) is 6. The van der Waals surface area contributed by atoms with Crippen molar-refractivity contribution in [1.29, 1.82) is 0 Å². The molecule has 1 aliphatic heterocycles. The number of benzene rings is 3. The first-order valence-electron chi connectivity index (χ1n) is 19.2. The quantitative estimate of drug-likeness (QED) is 0.134. The van der Waals surface area contributed by atoms with Gasteiger partial charge in [-0.05, 0) is 67.0 Å². The molecule has 3 aromatic carbocycles. The number of rotatable bonds is 9. The molecule has 4 aliphatic rings. The van der Waals surface area contributed by atoms with Crippen molar-refractivity contribution in [3.8, 4) is 5.75 Å². The molecule has 0 spiro atoms. The zero-order valence-corrected chi connectivity index (χ0v) is 43.5. The van der Waals surface area contributed by atoms with Gasteiger partial charge in [0, 0.05) is 118 Å². The van der Waals surface area contributed by atoms with Gasteiger partial charge in [0.1, 0.15) is 35.3 Å². The first kappa shape index (κ1) is 48.9. The van der Waals surface area contributed by atoms with Crippen molar-refractivity contribution in [3.63, 3.8) is 0 Å². The molecule has 3 aliphatic carbocycles. The van der Waals surface area contributed by atoms with E-state index >= 15 is 0 Å². The summed E-state index contributed by atoms with van der Waals surface area (Å²) in [6.45, 7) is 5.69. The molecule has 1 heterocycles. The summed E-state index contributed by atoms with van der Waals surface area (Å²) in [7, 11) is 1.47. The van der Waals surface area contributed by atoms with Crippen LogP contribution in [0.5, 0.6) is 5.75 Å². The third kappa shape index (κ3) is 8.14. The number of ether oxygens (including phenoxy) is 4. The fraction of sp³-hybridized carbons (Fsp3) is 0.455. The number of esters is 2. The van der Waals surface area contributed by atoms with E-state index in [0.29, 0.717) is 11.3 Å². The van der Waals surface area contributed by atoms with Gasteiger partial charge in [-0.2, -0.15) is 0 Å². The number of Topliss-reactive ketones (excluding diaryl/α,β-unsaturated/α-hetero) is 1. The summed E-state index contributed by atoms with van der Waals surface area (Å²) in [4.78, 5) is 56.3. The molecule has 1 saturated heterocycles. The maximum atomic E-state index is 14.8. The fourth-order valence-electron chi connectivity index (χ4n) is 9.69. The van der Waals surface area contributed by atoms with Crippen LogP contribution in [0, 0.1) is 105 Å². The zero-order chi connectivity index (χ0) is 41.9. The minimum Gasteiger partial charge on any atom is -0.497 e. The molecule has 0 aromatic heterocycles. The second-order valence-electron chi connectivity index (χ2n) is 16.6. The van der Waals surface area contributed by atoms with E-state index in [9.17, 15) is 44.7 Å². The predicted octanol–water partition coefficient (Wildman–Crippen LogP) is 2.60. The Morgan fingerprint density at radius 2 is 1.45 bits per heavy atom. The molecule has 2 radical (unpaired) electrons. The third-order valence-electron chi connectivity index (χ3n) is 13.2. The summed E-state index contributed by atoms with van der Waals surface area (Å²) in [6.07, 6.45) is -10.4. The average molecular weight is 1250 g/mol. The van der Waals surface area contributed by atoms with Crippen molar-refractivity contribution in [1.82, 2.24) is 5.32 Å². The van der Waals surface area contributed by atoms with Crippen LogP contribution in [0.4, 0.5) is 0 Å². The minimum absolute atomic E-state index is 0. The molecule has 60 heavy (non-hydrogen) atoms. The number of amides is 1. The van der Waals surface area contributed by atoms with Gasteiger partial charge in [0.2, 0.25) is 0 Å². The van der Waals surface area contributed by atoms with Crippen molar-refractivity contribution < 1.29 is 152 Å². The van der Waals surface area contributed by atoms with Gasteiger partial charge >= 0.3 is 11.9 Å². The Kier molecular flexibility index (Phi) is 15.1. The van der Waals surface area contributed by atoms with E-state index < -0.39 is 101 Å². The molecule has 6 N–H and O–H groups in total.